The van der Waals surface area contributed by atoms with E-state index in [1.54, 1.807) is 0 Å². The molecule has 3 saturated heterocycles. The van der Waals surface area contributed by atoms with Crippen LogP contribution in [0, 0.1) is 56.7 Å². The fourth-order valence-electron chi connectivity index (χ4n) is 15.8. The van der Waals surface area contributed by atoms with Crippen molar-refractivity contribution in [2.75, 3.05) is 19.8 Å². The van der Waals surface area contributed by atoms with Gasteiger partial charge in [-0.1, -0.05) is 46.8 Å². The fraction of sp³-hybridized carbons (Fsp3) is 0.938. The molecular weight excluding hydrogens is 865 g/mol. The maximum Gasteiger partial charge on any atom is 0.314 e. The topological polar surface area (TPSA) is 295 Å². The van der Waals surface area contributed by atoms with Crippen molar-refractivity contribution < 1.29 is 89.4 Å². The third kappa shape index (κ3) is 7.78. The lowest BCUT2D eigenvalue weighted by molar-refractivity contribution is -0.332. The molecule has 3 aliphatic heterocycles. The lowest BCUT2D eigenvalue weighted by Gasteiger charge is -2.73. The van der Waals surface area contributed by atoms with Crippen LogP contribution >= 0.6 is 0 Å². The Morgan fingerprint density at radius 1 is 0.591 bits per heavy atom. The molecule has 66 heavy (non-hydrogen) atoms. The summed E-state index contributed by atoms with van der Waals surface area (Å²) >= 11 is 0. The van der Waals surface area contributed by atoms with Crippen LogP contribution < -0.4 is 0 Å². The van der Waals surface area contributed by atoms with E-state index in [1.807, 2.05) is 6.92 Å². The number of esters is 1. The molecule has 0 aromatic heterocycles. The zero-order chi connectivity index (χ0) is 48.2. The van der Waals surface area contributed by atoms with Crippen LogP contribution in [-0.2, 0) is 33.2 Å². The number of hydrogen-bond acceptors (Lipinski definition) is 18. The van der Waals surface area contributed by atoms with Crippen LogP contribution in [0.5, 0.6) is 0 Å². The molecule has 378 valence electrons. The highest BCUT2D eigenvalue weighted by Crippen LogP contribution is 2.78. The van der Waals surface area contributed by atoms with E-state index < -0.39 is 123 Å². The molecule has 11 N–H and O–H groups in total. The summed E-state index contributed by atoms with van der Waals surface area (Å²) in [6.07, 6.45) is -15.4. The zero-order valence-corrected chi connectivity index (χ0v) is 39.3. The minimum Gasteiger partial charge on any atom is -0.432 e. The molecule has 5 saturated carbocycles. The van der Waals surface area contributed by atoms with E-state index in [0.29, 0.717) is 25.2 Å². The molecule has 0 amide bonds. The van der Waals surface area contributed by atoms with Crippen LogP contribution in [0.15, 0.2) is 12.2 Å². The summed E-state index contributed by atoms with van der Waals surface area (Å²) < 4.78 is 35.4. The van der Waals surface area contributed by atoms with Gasteiger partial charge in [-0.15, -0.1) is 0 Å². The molecule has 25 atom stereocenters. The number of aliphatic hydroxyl groups is 11. The number of hydrogen-bond donors (Lipinski definition) is 11. The second kappa shape index (κ2) is 18.3. The van der Waals surface area contributed by atoms with Crippen LogP contribution in [0.3, 0.4) is 0 Å². The monoisotopic (exact) mass is 943 g/mol. The van der Waals surface area contributed by atoms with Gasteiger partial charge in [-0.2, -0.15) is 0 Å². The average molecular weight is 943 g/mol. The highest BCUT2D eigenvalue weighted by molar-refractivity contribution is 5.78. The molecule has 0 unspecified atom stereocenters. The number of aliphatic hydroxyl groups excluding tert-OH is 11. The van der Waals surface area contributed by atoms with Crippen molar-refractivity contribution in [1.82, 2.24) is 0 Å². The summed E-state index contributed by atoms with van der Waals surface area (Å²) in [4.78, 5) is 15.0. The van der Waals surface area contributed by atoms with Gasteiger partial charge in [-0.05, 0) is 122 Å². The summed E-state index contributed by atoms with van der Waals surface area (Å²) in [6, 6.07) is 0. The van der Waals surface area contributed by atoms with E-state index in [-0.39, 0.29) is 51.4 Å². The molecular formula is C48H78O18. The van der Waals surface area contributed by atoms with Gasteiger partial charge in [0.2, 0.25) is 6.29 Å². The Balaban J connectivity index is 0.993. The summed E-state index contributed by atoms with van der Waals surface area (Å²) in [6.45, 7) is 16.5. The van der Waals surface area contributed by atoms with Crippen molar-refractivity contribution in [3.8, 4) is 0 Å². The molecule has 0 aromatic rings. The highest BCUT2D eigenvalue weighted by atomic mass is 16.7. The van der Waals surface area contributed by atoms with Gasteiger partial charge in [-0.3, -0.25) is 4.79 Å². The van der Waals surface area contributed by atoms with E-state index in [2.05, 4.69) is 41.2 Å². The third-order valence-electron chi connectivity index (χ3n) is 19.7. The van der Waals surface area contributed by atoms with Gasteiger partial charge in [0.05, 0.1) is 31.3 Å². The van der Waals surface area contributed by atoms with Crippen LogP contribution in [0.1, 0.15) is 106 Å². The van der Waals surface area contributed by atoms with Crippen molar-refractivity contribution >= 4 is 5.97 Å². The molecule has 3 heterocycles. The van der Waals surface area contributed by atoms with E-state index in [9.17, 15) is 61.0 Å². The van der Waals surface area contributed by atoms with E-state index in [0.717, 1.165) is 50.5 Å². The van der Waals surface area contributed by atoms with Crippen LogP contribution in [0.2, 0.25) is 0 Å². The van der Waals surface area contributed by atoms with Crippen LogP contribution in [0.25, 0.3) is 0 Å². The Bertz CT molecular complexity index is 1760. The van der Waals surface area contributed by atoms with E-state index in [4.69, 9.17) is 28.4 Å². The summed E-state index contributed by atoms with van der Waals surface area (Å²) in [5, 5.41) is 115. The van der Waals surface area contributed by atoms with Crippen molar-refractivity contribution in [2.45, 2.75) is 204 Å². The number of ether oxygens (including phenoxy) is 6. The molecule has 5 aliphatic carbocycles. The Labute approximate surface area is 387 Å². The third-order valence-corrected chi connectivity index (χ3v) is 19.7. The zero-order valence-electron chi connectivity index (χ0n) is 39.3. The van der Waals surface area contributed by atoms with Gasteiger partial charge in [0.1, 0.15) is 73.2 Å². The Morgan fingerprint density at radius 3 is 1.76 bits per heavy atom. The molecule has 0 spiro atoms. The standard InChI is InChI=1S/C48H78O18/c1-21(2)22-10-15-48(43(60)66-42-39(59)36(56)33(53)26(64-42)20-61-40-37(57)34(54)31(51)24(18-49)62-40)17-16-46(6)23(30(22)48)8-9-28-45(5)13-12-29(44(3,4)27(45)11-14-47(28,46)7)65-41-38(58)35(55)32(52)25(19-50)63-41/h22-42,49-59H,1,8-20H2,2-7H3/t22-,23+,24+,25+,26+,27-,28+,29-,30+,31+,32+,33+,34-,35-,36-,37+,38+,39+,40+,41-,42-,45-,46+,47+,48-/m0/s1. The van der Waals surface area contributed by atoms with Gasteiger partial charge in [0, 0.05) is 0 Å². The first-order valence-corrected chi connectivity index (χ1v) is 24.4. The first-order chi connectivity index (χ1) is 30.9. The fourth-order valence-corrected chi connectivity index (χ4v) is 15.8. The first kappa shape index (κ1) is 50.9. The van der Waals surface area contributed by atoms with Gasteiger partial charge < -0.3 is 84.6 Å². The SMILES string of the molecule is C=C(C)[C@@H]1CC[C@]2(C(=O)O[C@@H]3O[C@H](CO[C@@H]4O[C@H](CO)[C@@H](O)[C@H](O)[C@H]4O)[C@@H](O)[C@H](O)[C@H]3O)CC[C@]3(C)[C@H](CC[C@@H]4[C@@]5(C)CC[C@H](O[C@@H]6O[C@H](CO)[C@@H](O)[C@H](O)[C@H]6O)C(C)(C)[C@@H]5CC[C@]43C)[C@@H]12. The van der Waals surface area contributed by atoms with E-state index in [1.165, 1.54) is 0 Å². The molecule has 18 heteroatoms. The maximum atomic E-state index is 15.0. The minimum atomic E-state index is -1.80. The number of carbonyl (C=O) groups excluding carboxylic acids is 1. The maximum absolute atomic E-state index is 15.0. The highest BCUT2D eigenvalue weighted by Gasteiger charge is 2.73. The number of rotatable bonds is 10. The molecule has 0 radical (unpaired) electrons. The van der Waals surface area contributed by atoms with Gasteiger partial charge in [-0.25, -0.2) is 0 Å². The van der Waals surface area contributed by atoms with Crippen LogP contribution in [0.4, 0.5) is 0 Å². The number of carbonyl (C=O) groups is 1. The quantitative estimate of drug-likeness (QED) is 0.0781. The summed E-state index contributed by atoms with van der Waals surface area (Å²) in [7, 11) is 0. The molecule has 8 rings (SSSR count). The summed E-state index contributed by atoms with van der Waals surface area (Å²) in [5.74, 6) is 0.107. The minimum absolute atomic E-state index is 0.0347. The van der Waals surface area contributed by atoms with Crippen LogP contribution in [-0.4, -0.2) is 180 Å². The van der Waals surface area contributed by atoms with Crippen molar-refractivity contribution in [2.24, 2.45) is 56.7 Å². The first-order valence-electron chi connectivity index (χ1n) is 24.4. The molecule has 18 nitrogen and oxygen atoms in total. The predicted molar refractivity (Wildman–Crippen MR) is 230 cm³/mol. The smallest absolute Gasteiger partial charge is 0.314 e. The predicted octanol–water partition coefficient (Wildman–Crippen LogP) is -0.00360. The number of fused-ring (bicyclic) bond motifs is 7. The molecule has 8 fully saturated rings. The lowest BCUT2D eigenvalue weighted by Crippen LogP contribution is -2.68. The Morgan fingerprint density at radius 2 is 1.15 bits per heavy atom. The number of allylic oxidation sites excluding steroid dienone is 1. The van der Waals surface area contributed by atoms with Gasteiger partial charge >= 0.3 is 5.97 Å². The summed E-state index contributed by atoms with van der Waals surface area (Å²) in [5.41, 5.74) is -0.631. The largest absolute Gasteiger partial charge is 0.432 e. The Hall–Kier alpha value is -1.43. The Kier molecular flexibility index (Phi) is 14.1. The van der Waals surface area contributed by atoms with Crippen molar-refractivity contribution in [3.05, 3.63) is 12.2 Å². The van der Waals surface area contributed by atoms with Gasteiger partial charge in [0.15, 0.2) is 12.6 Å². The van der Waals surface area contributed by atoms with Crippen molar-refractivity contribution in [1.29, 1.82) is 0 Å². The lowest BCUT2D eigenvalue weighted by atomic mass is 9.32. The second-order valence-corrected chi connectivity index (χ2v) is 23.0. The molecule has 8 aliphatic rings. The van der Waals surface area contributed by atoms with Crippen molar-refractivity contribution in [3.63, 3.8) is 0 Å². The normalized spacial score (nSPS) is 54.6. The molecule has 0 bridgehead atoms. The average Bonchev–Trinajstić information content (AvgIpc) is 3.68. The molecule has 0 aromatic carbocycles. The van der Waals surface area contributed by atoms with E-state index >= 15 is 0 Å². The second-order valence-electron chi connectivity index (χ2n) is 23.0. The van der Waals surface area contributed by atoms with Gasteiger partial charge in [0.25, 0.3) is 0 Å².